The quantitative estimate of drug-likeness (QED) is 0.156. The standard InChI is InChI=1S/C62H38N4/c1-5-13-39(14-6-1)45-29-46(40-15-7-2-8-16-40)32-49(31-45)65-55-25-27-63-37-53(55)61-51-23-22-44-36-58-62(52-24-21-43(35-57(61)65)59(51)60(44)52)54-38-64-28-26-56(54)66(58)50-33-47(41-17-9-3-10-18-41)30-48(34-50)42-19-11-4-12-20-42/h1-38H. The zero-order chi connectivity index (χ0) is 43.3. The minimum atomic E-state index is 1.11. The van der Waals surface area contributed by atoms with Crippen LogP contribution in [-0.2, 0) is 0 Å². The van der Waals surface area contributed by atoms with Crippen LogP contribution in [0, 0.1) is 0 Å². The topological polar surface area (TPSA) is 35.6 Å². The van der Waals surface area contributed by atoms with Gasteiger partial charge in [-0.15, -0.1) is 0 Å². The largest absolute Gasteiger partial charge is 0.309 e. The van der Waals surface area contributed by atoms with Gasteiger partial charge in [0, 0.05) is 57.7 Å². The highest BCUT2D eigenvalue weighted by molar-refractivity contribution is 6.37. The van der Waals surface area contributed by atoms with Crippen molar-refractivity contribution in [1.82, 2.24) is 19.1 Å². The SMILES string of the molecule is c1ccc(-c2cc(-c3ccccc3)cc(-n3c4ccncc4c4c5ccc6cc7c(c8ccc(cc43)c5c68)c3cnccc3n7-c3cc(-c4ccccc4)cc(-c4ccccc4)c3)c2)cc1. The summed E-state index contributed by atoms with van der Waals surface area (Å²) in [6.07, 6.45) is 7.94. The Bertz CT molecular complexity index is 3800. The molecule has 10 aromatic carbocycles. The summed E-state index contributed by atoms with van der Waals surface area (Å²) in [5.41, 5.74) is 16.2. The molecule has 0 saturated carbocycles. The van der Waals surface area contributed by atoms with E-state index in [-0.39, 0.29) is 0 Å². The molecule has 4 nitrogen and oxygen atoms in total. The summed E-state index contributed by atoms with van der Waals surface area (Å²) in [4.78, 5) is 9.49. The van der Waals surface area contributed by atoms with Gasteiger partial charge in [-0.05, 0) is 137 Å². The molecule has 0 aliphatic heterocycles. The zero-order valence-electron chi connectivity index (χ0n) is 35.7. The molecule has 4 heteroatoms. The van der Waals surface area contributed by atoms with E-state index in [1.165, 1.54) is 87.6 Å². The van der Waals surface area contributed by atoms with E-state index in [9.17, 15) is 0 Å². The molecule has 66 heavy (non-hydrogen) atoms. The Morgan fingerprint density at radius 1 is 0.258 bits per heavy atom. The number of aromatic nitrogens is 4. The molecular weight excluding hydrogens is 801 g/mol. The molecule has 0 bridgehead atoms. The average molecular weight is 839 g/mol. The predicted molar refractivity (Wildman–Crippen MR) is 276 cm³/mol. The highest BCUT2D eigenvalue weighted by atomic mass is 15.0. The number of hydrogen-bond acceptors (Lipinski definition) is 2. The lowest BCUT2D eigenvalue weighted by Gasteiger charge is -2.16. The maximum absolute atomic E-state index is 4.74. The molecule has 0 atom stereocenters. The number of fused-ring (bicyclic) bond motifs is 8. The Balaban J connectivity index is 1.04. The van der Waals surface area contributed by atoms with Gasteiger partial charge in [0.05, 0.1) is 22.1 Å². The number of hydrogen-bond donors (Lipinski definition) is 0. The zero-order valence-corrected chi connectivity index (χ0v) is 35.7. The molecule has 0 aliphatic rings. The number of nitrogens with zero attached hydrogens (tertiary/aromatic N) is 4. The van der Waals surface area contributed by atoms with E-state index in [1.54, 1.807) is 0 Å². The Morgan fingerprint density at radius 3 is 0.955 bits per heavy atom. The van der Waals surface area contributed by atoms with Crippen LogP contribution in [0.4, 0.5) is 0 Å². The smallest absolute Gasteiger partial charge is 0.0572 e. The molecule has 306 valence electrons. The highest BCUT2D eigenvalue weighted by Crippen LogP contribution is 2.47. The summed E-state index contributed by atoms with van der Waals surface area (Å²) in [5.74, 6) is 0. The highest BCUT2D eigenvalue weighted by Gasteiger charge is 2.23. The minimum Gasteiger partial charge on any atom is -0.309 e. The van der Waals surface area contributed by atoms with E-state index in [4.69, 9.17) is 9.97 Å². The first-order valence-electron chi connectivity index (χ1n) is 22.5. The number of benzene rings is 10. The van der Waals surface area contributed by atoms with Gasteiger partial charge in [0.2, 0.25) is 0 Å². The van der Waals surface area contributed by atoms with Crippen molar-refractivity contribution in [2.45, 2.75) is 0 Å². The molecule has 4 aromatic heterocycles. The van der Waals surface area contributed by atoms with Crippen LogP contribution in [0.15, 0.2) is 231 Å². The Kier molecular flexibility index (Phi) is 7.95. The third-order valence-corrected chi connectivity index (χ3v) is 13.7. The first-order chi connectivity index (χ1) is 32.7. The monoisotopic (exact) mass is 838 g/mol. The summed E-state index contributed by atoms with van der Waals surface area (Å²) in [6.45, 7) is 0. The molecule has 14 rings (SSSR count). The van der Waals surface area contributed by atoms with E-state index < -0.39 is 0 Å². The van der Waals surface area contributed by atoms with E-state index in [2.05, 4.69) is 228 Å². The van der Waals surface area contributed by atoms with Crippen molar-refractivity contribution in [3.63, 3.8) is 0 Å². The van der Waals surface area contributed by atoms with Gasteiger partial charge in [0.15, 0.2) is 0 Å². The van der Waals surface area contributed by atoms with Crippen LogP contribution in [-0.4, -0.2) is 19.1 Å². The fourth-order valence-electron chi connectivity index (χ4n) is 10.9. The molecule has 0 spiro atoms. The molecular formula is C62H38N4. The molecule has 0 unspecified atom stereocenters. The van der Waals surface area contributed by atoms with Gasteiger partial charge in [-0.1, -0.05) is 146 Å². The second kappa shape index (κ2) is 14.3. The maximum atomic E-state index is 4.74. The predicted octanol–water partition coefficient (Wildman–Crippen LogP) is 16.2. The lowest BCUT2D eigenvalue weighted by atomic mass is 9.90. The van der Waals surface area contributed by atoms with E-state index in [0.29, 0.717) is 0 Å². The Morgan fingerprint density at radius 2 is 0.606 bits per heavy atom. The van der Waals surface area contributed by atoms with Crippen molar-refractivity contribution in [3.05, 3.63) is 231 Å². The lowest BCUT2D eigenvalue weighted by molar-refractivity contribution is 1.18. The fourth-order valence-corrected chi connectivity index (χ4v) is 10.9. The molecule has 0 fully saturated rings. The maximum Gasteiger partial charge on any atom is 0.0572 e. The first kappa shape index (κ1) is 36.6. The van der Waals surface area contributed by atoms with Crippen LogP contribution in [0.3, 0.4) is 0 Å². The molecule has 0 aliphatic carbocycles. The fraction of sp³-hybridized carbons (Fsp3) is 0. The van der Waals surface area contributed by atoms with Gasteiger partial charge in [0.25, 0.3) is 0 Å². The normalized spacial score (nSPS) is 11.9. The molecule has 4 heterocycles. The van der Waals surface area contributed by atoms with Gasteiger partial charge in [-0.25, -0.2) is 0 Å². The second-order valence-electron chi connectivity index (χ2n) is 17.4. The summed E-state index contributed by atoms with van der Waals surface area (Å²) in [5, 5.41) is 12.1. The molecule has 0 radical (unpaired) electrons. The van der Waals surface area contributed by atoms with Crippen molar-refractivity contribution < 1.29 is 0 Å². The van der Waals surface area contributed by atoms with Crippen LogP contribution in [0.2, 0.25) is 0 Å². The summed E-state index contributed by atoms with van der Waals surface area (Å²) >= 11 is 0. The van der Waals surface area contributed by atoms with Crippen molar-refractivity contribution in [2.75, 3.05) is 0 Å². The first-order valence-corrected chi connectivity index (χ1v) is 22.5. The van der Waals surface area contributed by atoms with Gasteiger partial charge in [0.1, 0.15) is 0 Å². The average Bonchev–Trinajstić information content (AvgIpc) is 3.91. The summed E-state index contributed by atoms with van der Waals surface area (Å²) < 4.78 is 4.90. The Labute approximate surface area is 380 Å². The third-order valence-electron chi connectivity index (χ3n) is 13.7. The van der Waals surface area contributed by atoms with Gasteiger partial charge in [-0.3, -0.25) is 9.97 Å². The van der Waals surface area contributed by atoms with Gasteiger partial charge in [-0.2, -0.15) is 0 Å². The van der Waals surface area contributed by atoms with E-state index >= 15 is 0 Å². The van der Waals surface area contributed by atoms with Crippen LogP contribution < -0.4 is 0 Å². The van der Waals surface area contributed by atoms with E-state index in [0.717, 1.165) is 44.2 Å². The number of pyridine rings is 2. The van der Waals surface area contributed by atoms with Crippen molar-refractivity contribution in [1.29, 1.82) is 0 Å². The van der Waals surface area contributed by atoms with Gasteiger partial charge >= 0.3 is 0 Å². The number of rotatable bonds is 6. The van der Waals surface area contributed by atoms with Crippen LogP contribution in [0.25, 0.3) is 132 Å². The summed E-state index contributed by atoms with van der Waals surface area (Å²) in [7, 11) is 0. The lowest BCUT2D eigenvalue weighted by Crippen LogP contribution is -1.97. The van der Waals surface area contributed by atoms with Gasteiger partial charge < -0.3 is 9.13 Å². The van der Waals surface area contributed by atoms with Crippen LogP contribution in [0.5, 0.6) is 0 Å². The van der Waals surface area contributed by atoms with Crippen molar-refractivity contribution in [2.24, 2.45) is 0 Å². The van der Waals surface area contributed by atoms with Crippen molar-refractivity contribution in [3.8, 4) is 55.9 Å². The molecule has 0 N–H and O–H groups in total. The molecule has 0 amide bonds. The second-order valence-corrected chi connectivity index (χ2v) is 17.4. The van der Waals surface area contributed by atoms with E-state index in [1.807, 2.05) is 12.4 Å². The minimum absolute atomic E-state index is 1.11. The molecule has 0 saturated heterocycles. The Hall–Kier alpha value is -8.86. The molecule has 14 aromatic rings. The third kappa shape index (κ3) is 5.52. The summed E-state index contributed by atoms with van der Waals surface area (Å²) in [6, 6.07) is 75.3. The van der Waals surface area contributed by atoms with Crippen LogP contribution >= 0.6 is 0 Å². The van der Waals surface area contributed by atoms with Crippen LogP contribution in [0.1, 0.15) is 0 Å². The van der Waals surface area contributed by atoms with Crippen molar-refractivity contribution >= 4 is 75.9 Å².